The molecule has 1 fully saturated rings. The summed E-state index contributed by atoms with van der Waals surface area (Å²) in [6, 6.07) is 12.7. The lowest BCUT2D eigenvalue weighted by atomic mass is 10.2. The van der Waals surface area contributed by atoms with Gasteiger partial charge in [-0.2, -0.15) is 0 Å². The lowest BCUT2D eigenvalue weighted by Crippen LogP contribution is -2.27. The zero-order chi connectivity index (χ0) is 20.1. The normalized spacial score (nSPS) is 15.1. The van der Waals surface area contributed by atoms with Crippen LogP contribution in [0.4, 0.5) is 5.69 Å². The van der Waals surface area contributed by atoms with Gasteiger partial charge in [-0.05, 0) is 35.9 Å². The highest BCUT2D eigenvalue weighted by Crippen LogP contribution is 2.41. The van der Waals surface area contributed by atoms with Gasteiger partial charge in [0.05, 0.1) is 24.8 Å². The van der Waals surface area contributed by atoms with Crippen molar-refractivity contribution < 1.29 is 19.0 Å². The lowest BCUT2D eigenvalue weighted by molar-refractivity contribution is -0.113. The van der Waals surface area contributed by atoms with Crippen LogP contribution in [0.3, 0.4) is 0 Å². The molecule has 0 N–H and O–H groups in total. The number of hydrogen-bond donors (Lipinski definition) is 0. The van der Waals surface area contributed by atoms with Crippen molar-refractivity contribution in [2.45, 2.75) is 0 Å². The summed E-state index contributed by atoms with van der Waals surface area (Å²) in [5, 5.41) is 0. The molecule has 0 aromatic heterocycles. The Bertz CT molecular complexity index is 938. The first-order valence-electron chi connectivity index (χ1n) is 8.41. The Morgan fingerprint density at radius 3 is 2.46 bits per heavy atom. The van der Waals surface area contributed by atoms with E-state index in [0.29, 0.717) is 33.0 Å². The first-order chi connectivity index (χ1) is 13.6. The van der Waals surface area contributed by atoms with Gasteiger partial charge in [0, 0.05) is 6.07 Å². The number of thioether (sulfide) groups is 1. The van der Waals surface area contributed by atoms with Gasteiger partial charge in [-0.25, -0.2) is 0 Å². The molecule has 5 nitrogen and oxygen atoms in total. The number of hydrogen-bond acceptors (Lipinski definition) is 6. The molecule has 3 rings (SSSR count). The summed E-state index contributed by atoms with van der Waals surface area (Å²) in [5.74, 6) is 1.71. The fourth-order valence-electron chi connectivity index (χ4n) is 2.61. The Morgan fingerprint density at radius 1 is 1.11 bits per heavy atom. The molecule has 0 aliphatic carbocycles. The Labute approximate surface area is 173 Å². The molecule has 1 aliphatic heterocycles. The number of carbonyl (C=O) groups is 1. The number of anilines is 1. The van der Waals surface area contributed by atoms with Crippen molar-refractivity contribution >= 4 is 46.0 Å². The third-order valence-electron chi connectivity index (χ3n) is 3.97. The van der Waals surface area contributed by atoms with E-state index in [-0.39, 0.29) is 5.91 Å². The smallest absolute Gasteiger partial charge is 0.270 e. The van der Waals surface area contributed by atoms with E-state index in [2.05, 4.69) is 6.58 Å². The summed E-state index contributed by atoms with van der Waals surface area (Å²) in [4.78, 5) is 15.0. The molecule has 0 spiro atoms. The summed E-state index contributed by atoms with van der Waals surface area (Å²) >= 11 is 6.70. The maximum atomic E-state index is 13.0. The average molecular weight is 414 g/mol. The van der Waals surface area contributed by atoms with Gasteiger partial charge in [-0.15, -0.1) is 0 Å². The van der Waals surface area contributed by atoms with Gasteiger partial charge in [0.2, 0.25) is 0 Å². The first kappa shape index (κ1) is 20.0. The second-order valence-corrected chi connectivity index (χ2v) is 7.40. The summed E-state index contributed by atoms with van der Waals surface area (Å²) in [6.45, 7) is 4.07. The average Bonchev–Trinajstić information content (AvgIpc) is 2.99. The van der Waals surface area contributed by atoms with E-state index in [0.717, 1.165) is 11.3 Å². The minimum atomic E-state index is -0.189. The van der Waals surface area contributed by atoms with Crippen molar-refractivity contribution in [2.24, 2.45) is 0 Å². The predicted molar refractivity (Wildman–Crippen MR) is 117 cm³/mol. The van der Waals surface area contributed by atoms with Crippen LogP contribution in [0.1, 0.15) is 5.56 Å². The fraction of sp³-hybridized carbons (Fsp3) is 0.143. The monoisotopic (exact) mass is 413 g/mol. The summed E-state index contributed by atoms with van der Waals surface area (Å²) in [6.07, 6.45) is 3.50. The van der Waals surface area contributed by atoms with Crippen LogP contribution < -0.4 is 19.1 Å². The topological polar surface area (TPSA) is 48.0 Å². The van der Waals surface area contributed by atoms with Crippen molar-refractivity contribution in [3.63, 3.8) is 0 Å². The molecule has 0 radical (unpaired) electrons. The summed E-state index contributed by atoms with van der Waals surface area (Å²) < 4.78 is 16.5. The quantitative estimate of drug-likeness (QED) is 0.373. The van der Waals surface area contributed by atoms with Crippen LogP contribution in [0.5, 0.6) is 17.2 Å². The Balaban J connectivity index is 1.85. The van der Waals surface area contributed by atoms with Crippen LogP contribution in [-0.4, -0.2) is 31.1 Å². The Morgan fingerprint density at radius 2 is 1.82 bits per heavy atom. The maximum Gasteiger partial charge on any atom is 0.270 e. The largest absolute Gasteiger partial charge is 0.497 e. The standard InChI is InChI=1S/C21H19NO4S2/c1-4-11-26-15-7-5-14(6-8-15)12-19-20(23)22(21(27)28-19)17-10-9-16(24-2)13-18(17)25-3/h4-10,12-13H,1,11H2,2-3H3. The molecule has 0 atom stereocenters. The van der Waals surface area contributed by atoms with Gasteiger partial charge in [0.1, 0.15) is 23.9 Å². The van der Waals surface area contributed by atoms with Crippen molar-refractivity contribution in [2.75, 3.05) is 25.7 Å². The molecule has 1 heterocycles. The number of carbonyl (C=O) groups excluding carboxylic acids is 1. The van der Waals surface area contributed by atoms with Gasteiger partial charge in [-0.1, -0.05) is 48.8 Å². The van der Waals surface area contributed by atoms with Crippen LogP contribution in [0.25, 0.3) is 6.08 Å². The molecular formula is C21H19NO4S2. The highest BCUT2D eigenvalue weighted by Gasteiger charge is 2.35. The molecule has 1 aliphatic rings. The zero-order valence-corrected chi connectivity index (χ0v) is 17.1. The van der Waals surface area contributed by atoms with E-state index in [1.54, 1.807) is 38.5 Å². The minimum absolute atomic E-state index is 0.189. The highest BCUT2D eigenvalue weighted by molar-refractivity contribution is 8.27. The SMILES string of the molecule is C=CCOc1ccc(C=C2SC(=S)N(c3ccc(OC)cc3OC)C2=O)cc1. The third-order valence-corrected chi connectivity index (χ3v) is 5.27. The van der Waals surface area contributed by atoms with E-state index in [4.69, 9.17) is 26.4 Å². The molecule has 7 heteroatoms. The van der Waals surface area contributed by atoms with Gasteiger partial charge in [0.15, 0.2) is 4.32 Å². The molecule has 1 saturated heterocycles. The summed E-state index contributed by atoms with van der Waals surface area (Å²) in [7, 11) is 3.12. The molecule has 0 bridgehead atoms. The fourth-order valence-corrected chi connectivity index (χ4v) is 3.90. The number of nitrogens with zero attached hydrogens (tertiary/aromatic N) is 1. The van der Waals surface area contributed by atoms with Crippen LogP contribution in [-0.2, 0) is 4.79 Å². The molecule has 0 saturated carbocycles. The van der Waals surface area contributed by atoms with E-state index >= 15 is 0 Å². The number of benzene rings is 2. The van der Waals surface area contributed by atoms with Crippen molar-refractivity contribution in [1.82, 2.24) is 0 Å². The van der Waals surface area contributed by atoms with Gasteiger partial charge >= 0.3 is 0 Å². The second kappa shape index (κ2) is 8.95. The highest BCUT2D eigenvalue weighted by atomic mass is 32.2. The number of rotatable bonds is 7. The molecule has 1 amide bonds. The number of amides is 1. The van der Waals surface area contributed by atoms with Crippen LogP contribution in [0.15, 0.2) is 60.0 Å². The van der Waals surface area contributed by atoms with Gasteiger partial charge in [-0.3, -0.25) is 9.69 Å². The number of methoxy groups -OCH3 is 2. The molecule has 28 heavy (non-hydrogen) atoms. The molecule has 144 valence electrons. The number of ether oxygens (including phenoxy) is 3. The van der Waals surface area contributed by atoms with E-state index in [1.165, 1.54) is 16.7 Å². The van der Waals surface area contributed by atoms with Crippen molar-refractivity contribution in [3.05, 3.63) is 65.6 Å². The van der Waals surface area contributed by atoms with Crippen molar-refractivity contribution in [1.29, 1.82) is 0 Å². The minimum Gasteiger partial charge on any atom is -0.497 e. The molecule has 0 unspecified atom stereocenters. The summed E-state index contributed by atoms with van der Waals surface area (Å²) in [5.41, 5.74) is 1.47. The van der Waals surface area contributed by atoms with Gasteiger partial charge < -0.3 is 14.2 Å². The van der Waals surface area contributed by atoms with Crippen molar-refractivity contribution in [3.8, 4) is 17.2 Å². The van der Waals surface area contributed by atoms with Crippen LogP contribution in [0.2, 0.25) is 0 Å². The molecule has 2 aromatic rings. The maximum absolute atomic E-state index is 13.0. The number of thiocarbonyl (C=S) groups is 1. The van der Waals surface area contributed by atoms with Crippen LogP contribution in [0, 0.1) is 0 Å². The predicted octanol–water partition coefficient (Wildman–Crippen LogP) is 4.67. The Hall–Kier alpha value is -2.77. The molecular weight excluding hydrogens is 394 g/mol. The van der Waals surface area contributed by atoms with Crippen LogP contribution >= 0.6 is 24.0 Å². The van der Waals surface area contributed by atoms with E-state index in [1.807, 2.05) is 30.3 Å². The second-order valence-electron chi connectivity index (χ2n) is 5.72. The van der Waals surface area contributed by atoms with E-state index in [9.17, 15) is 4.79 Å². The Kier molecular flexibility index (Phi) is 6.38. The van der Waals surface area contributed by atoms with E-state index < -0.39 is 0 Å². The first-order valence-corrected chi connectivity index (χ1v) is 9.63. The lowest BCUT2D eigenvalue weighted by Gasteiger charge is -2.18. The van der Waals surface area contributed by atoms with Gasteiger partial charge in [0.25, 0.3) is 5.91 Å². The third kappa shape index (κ3) is 4.21. The molecule has 2 aromatic carbocycles. The zero-order valence-electron chi connectivity index (χ0n) is 15.5.